The Labute approximate surface area is 110 Å². The van der Waals surface area contributed by atoms with Crippen molar-refractivity contribution in [3.05, 3.63) is 48.5 Å². The highest BCUT2D eigenvalue weighted by Crippen LogP contribution is 2.16. The van der Waals surface area contributed by atoms with Crippen molar-refractivity contribution in [2.75, 3.05) is 7.11 Å². The number of allylic oxidation sites excluding steroid dienone is 5. The zero-order valence-electron chi connectivity index (χ0n) is 10.8. The van der Waals surface area contributed by atoms with Gasteiger partial charge in [-0.25, -0.2) is 9.31 Å². The van der Waals surface area contributed by atoms with Crippen LogP contribution in [0.1, 0.15) is 23.2 Å². The van der Waals surface area contributed by atoms with Crippen LogP contribution in [0.25, 0.3) is 11.2 Å². The summed E-state index contributed by atoms with van der Waals surface area (Å²) in [5, 5.41) is 11.0. The lowest BCUT2D eigenvalue weighted by Crippen LogP contribution is -2.03. The Hall–Kier alpha value is -2.63. The van der Waals surface area contributed by atoms with Gasteiger partial charge in [-0.15, -0.1) is 10.2 Å². The van der Waals surface area contributed by atoms with Crippen molar-refractivity contribution in [1.82, 2.24) is 19.8 Å². The van der Waals surface area contributed by atoms with Crippen LogP contribution in [-0.2, 0) is 4.74 Å². The molecule has 1 N–H and O–H groups in total. The normalized spacial score (nSPS) is 12.2. The summed E-state index contributed by atoms with van der Waals surface area (Å²) >= 11 is 0. The number of methoxy groups -OCH3 is 1. The number of fused-ring (bicyclic) bond motifs is 1. The fraction of sp³-hybridized carbons (Fsp3) is 0.154. The van der Waals surface area contributed by atoms with Gasteiger partial charge >= 0.3 is 5.97 Å². The zero-order chi connectivity index (χ0) is 13.8. The number of esters is 1. The summed E-state index contributed by atoms with van der Waals surface area (Å²) in [5.41, 5.74) is 1.71. The van der Waals surface area contributed by atoms with Crippen LogP contribution in [0.4, 0.5) is 0 Å². The number of nitrogens with one attached hydrogen (secondary N) is 1. The average Bonchev–Trinajstić information content (AvgIpc) is 2.97. The number of hydrogen-bond acceptors (Lipinski definition) is 4. The Morgan fingerprint density at radius 3 is 2.95 bits per heavy atom. The van der Waals surface area contributed by atoms with Crippen molar-refractivity contribution in [2.45, 2.75) is 6.92 Å². The maximum Gasteiger partial charge on any atom is 0.356 e. The number of rotatable bonds is 4. The van der Waals surface area contributed by atoms with Crippen molar-refractivity contribution in [2.24, 2.45) is 0 Å². The lowest BCUT2D eigenvalue weighted by Gasteiger charge is -1.98. The van der Waals surface area contributed by atoms with Gasteiger partial charge in [-0.1, -0.05) is 30.9 Å². The SMILES string of the molecule is C=C/C=C(\C=C/C)c1nnc2cc(C(=O)OC)[nH]n12. The number of H-pyrrole nitrogens is 1. The lowest BCUT2D eigenvalue weighted by molar-refractivity contribution is 0.0593. The molecule has 2 rings (SSSR count). The van der Waals surface area contributed by atoms with Crippen molar-refractivity contribution in [1.29, 1.82) is 0 Å². The molecule has 0 saturated heterocycles. The highest BCUT2D eigenvalue weighted by Gasteiger charge is 2.15. The molecule has 0 saturated carbocycles. The number of aromatic nitrogens is 4. The van der Waals surface area contributed by atoms with Crippen molar-refractivity contribution < 1.29 is 9.53 Å². The maximum absolute atomic E-state index is 11.5. The summed E-state index contributed by atoms with van der Waals surface area (Å²) in [6, 6.07) is 1.59. The first-order valence-electron chi connectivity index (χ1n) is 5.69. The molecular formula is C13H14N4O2. The second kappa shape index (κ2) is 5.34. The van der Waals surface area contributed by atoms with Crippen LogP contribution < -0.4 is 0 Å². The van der Waals surface area contributed by atoms with Gasteiger partial charge in [0.1, 0.15) is 5.69 Å². The first-order valence-corrected chi connectivity index (χ1v) is 5.69. The van der Waals surface area contributed by atoms with E-state index >= 15 is 0 Å². The van der Waals surface area contributed by atoms with Gasteiger partial charge in [-0.3, -0.25) is 5.10 Å². The second-order valence-electron chi connectivity index (χ2n) is 3.74. The van der Waals surface area contributed by atoms with Crippen LogP contribution in [0.5, 0.6) is 0 Å². The fourth-order valence-corrected chi connectivity index (χ4v) is 1.69. The van der Waals surface area contributed by atoms with E-state index in [-0.39, 0.29) is 0 Å². The predicted octanol–water partition coefficient (Wildman–Crippen LogP) is 1.99. The van der Waals surface area contributed by atoms with Crippen LogP contribution in [-0.4, -0.2) is 32.9 Å². The Morgan fingerprint density at radius 1 is 1.53 bits per heavy atom. The third kappa shape index (κ3) is 2.33. The molecule has 2 aromatic rings. The summed E-state index contributed by atoms with van der Waals surface area (Å²) in [7, 11) is 1.33. The zero-order valence-corrected chi connectivity index (χ0v) is 10.8. The quantitative estimate of drug-likeness (QED) is 0.672. The first kappa shape index (κ1) is 12.8. The molecule has 2 aromatic heterocycles. The van der Waals surface area contributed by atoms with Gasteiger partial charge in [-0.2, -0.15) is 0 Å². The van der Waals surface area contributed by atoms with Gasteiger partial charge in [0.15, 0.2) is 11.5 Å². The van der Waals surface area contributed by atoms with Gasteiger partial charge < -0.3 is 4.74 Å². The van der Waals surface area contributed by atoms with Crippen molar-refractivity contribution in [3.63, 3.8) is 0 Å². The Bertz CT molecular complexity index is 676. The van der Waals surface area contributed by atoms with E-state index in [0.717, 1.165) is 5.57 Å². The van der Waals surface area contributed by atoms with Crippen LogP contribution in [0.3, 0.4) is 0 Å². The highest BCUT2D eigenvalue weighted by molar-refractivity contribution is 5.88. The molecule has 0 aliphatic rings. The van der Waals surface area contributed by atoms with Crippen LogP contribution >= 0.6 is 0 Å². The summed E-state index contributed by atoms with van der Waals surface area (Å²) < 4.78 is 6.28. The molecule has 0 aromatic carbocycles. The number of hydrogen-bond donors (Lipinski definition) is 1. The number of carbonyl (C=O) groups excluding carboxylic acids is 1. The molecular weight excluding hydrogens is 244 g/mol. The molecule has 0 atom stereocenters. The molecule has 19 heavy (non-hydrogen) atoms. The summed E-state index contributed by atoms with van der Waals surface area (Å²) in [6.07, 6.45) is 7.26. The smallest absolute Gasteiger partial charge is 0.356 e. The molecule has 6 nitrogen and oxygen atoms in total. The molecule has 0 radical (unpaired) electrons. The van der Waals surface area contributed by atoms with Gasteiger partial charge in [0, 0.05) is 11.6 Å². The van der Waals surface area contributed by atoms with E-state index in [1.807, 2.05) is 25.2 Å². The third-order valence-corrected chi connectivity index (χ3v) is 2.50. The molecule has 0 amide bonds. The summed E-state index contributed by atoms with van der Waals surface area (Å²) in [4.78, 5) is 11.5. The molecule has 0 bridgehead atoms. The summed E-state index contributed by atoms with van der Waals surface area (Å²) in [6.45, 7) is 5.57. The van der Waals surface area contributed by atoms with Crippen LogP contribution in [0.2, 0.25) is 0 Å². The van der Waals surface area contributed by atoms with E-state index in [2.05, 4.69) is 26.6 Å². The molecule has 0 aliphatic carbocycles. The van der Waals surface area contributed by atoms with Crippen LogP contribution in [0, 0.1) is 0 Å². The molecule has 0 fully saturated rings. The average molecular weight is 258 g/mol. The molecule has 0 aliphatic heterocycles. The molecule has 2 heterocycles. The molecule has 6 heteroatoms. The van der Waals surface area contributed by atoms with E-state index in [4.69, 9.17) is 0 Å². The largest absolute Gasteiger partial charge is 0.464 e. The minimum Gasteiger partial charge on any atom is -0.464 e. The number of carbonyl (C=O) groups is 1. The Balaban J connectivity index is 2.55. The predicted molar refractivity (Wildman–Crippen MR) is 71.7 cm³/mol. The minimum absolute atomic E-state index is 0.326. The van der Waals surface area contributed by atoms with Crippen LogP contribution in [0.15, 0.2) is 36.9 Å². The molecule has 0 spiro atoms. The standard InChI is InChI=1S/C13H14N4O2/c1-4-6-9(7-5-2)12-15-14-11-8-10(13(18)19-3)16-17(11)12/h4-8,16H,1H2,2-3H3/b7-5-,9-6+. The molecule has 0 unspecified atom stereocenters. The monoisotopic (exact) mass is 258 g/mol. The van der Waals surface area contributed by atoms with E-state index in [0.29, 0.717) is 17.2 Å². The topological polar surface area (TPSA) is 72.3 Å². The summed E-state index contributed by atoms with van der Waals surface area (Å²) in [5.74, 6) is 0.153. The minimum atomic E-state index is -0.447. The number of ether oxygens (including phenoxy) is 1. The first-order chi connectivity index (χ1) is 9.21. The number of nitrogens with zero attached hydrogens (tertiary/aromatic N) is 3. The fourth-order valence-electron chi connectivity index (χ4n) is 1.69. The van der Waals surface area contributed by atoms with Gasteiger partial charge in [0.25, 0.3) is 0 Å². The van der Waals surface area contributed by atoms with E-state index in [9.17, 15) is 4.79 Å². The Morgan fingerprint density at radius 2 is 2.32 bits per heavy atom. The van der Waals surface area contributed by atoms with E-state index in [1.165, 1.54) is 7.11 Å². The van der Waals surface area contributed by atoms with Gasteiger partial charge in [0.2, 0.25) is 0 Å². The van der Waals surface area contributed by atoms with E-state index < -0.39 is 5.97 Å². The van der Waals surface area contributed by atoms with Gasteiger partial charge in [0.05, 0.1) is 7.11 Å². The maximum atomic E-state index is 11.5. The second-order valence-corrected chi connectivity index (χ2v) is 3.74. The number of aromatic amines is 1. The van der Waals surface area contributed by atoms with Gasteiger partial charge in [-0.05, 0) is 6.92 Å². The van der Waals surface area contributed by atoms with Crippen molar-refractivity contribution >= 4 is 17.2 Å². The molecule has 98 valence electrons. The lowest BCUT2D eigenvalue weighted by atomic mass is 10.2. The van der Waals surface area contributed by atoms with Crippen molar-refractivity contribution in [3.8, 4) is 0 Å². The highest BCUT2D eigenvalue weighted by atomic mass is 16.5. The Kier molecular flexibility index (Phi) is 3.61. The third-order valence-electron chi connectivity index (χ3n) is 2.50. The van der Waals surface area contributed by atoms with E-state index in [1.54, 1.807) is 16.7 Å².